The molecule has 132 valence electrons. The number of rotatable bonds is 7. The van der Waals surface area contributed by atoms with Gasteiger partial charge in [0.25, 0.3) is 0 Å². The van der Waals surface area contributed by atoms with Gasteiger partial charge in [-0.2, -0.15) is 0 Å². The summed E-state index contributed by atoms with van der Waals surface area (Å²) in [6.07, 6.45) is 3.70. The summed E-state index contributed by atoms with van der Waals surface area (Å²) in [6.45, 7) is 3.60. The Hall–Kier alpha value is -2.33. The molecule has 0 atom stereocenters. The molecular weight excluding hydrogens is 336 g/mol. The number of nitrogens with one attached hydrogen (secondary N) is 2. The summed E-state index contributed by atoms with van der Waals surface area (Å²) in [5, 5.41) is 5.84. The Morgan fingerprint density at radius 1 is 1.00 bits per heavy atom. The van der Waals surface area contributed by atoms with Crippen LogP contribution in [0.15, 0.2) is 42.5 Å². The second kappa shape index (κ2) is 9.23. The highest BCUT2D eigenvalue weighted by molar-refractivity contribution is 6.34. The molecule has 2 aromatic carbocycles. The van der Waals surface area contributed by atoms with Crippen molar-refractivity contribution in [2.45, 2.75) is 39.5 Å². The first-order valence-corrected chi connectivity index (χ1v) is 8.80. The monoisotopic (exact) mass is 358 g/mol. The summed E-state index contributed by atoms with van der Waals surface area (Å²) in [6, 6.07) is 13.1. The van der Waals surface area contributed by atoms with Crippen LogP contribution in [0.3, 0.4) is 0 Å². The van der Waals surface area contributed by atoms with Gasteiger partial charge < -0.3 is 10.6 Å². The van der Waals surface area contributed by atoms with Gasteiger partial charge in [0.1, 0.15) is 0 Å². The first kappa shape index (κ1) is 19.0. The van der Waals surface area contributed by atoms with E-state index in [0.29, 0.717) is 16.4 Å². The van der Waals surface area contributed by atoms with Crippen LogP contribution in [0, 0.1) is 0 Å². The van der Waals surface area contributed by atoms with E-state index in [1.54, 1.807) is 18.2 Å². The van der Waals surface area contributed by atoms with Crippen molar-refractivity contribution in [3.8, 4) is 0 Å². The highest BCUT2D eigenvalue weighted by atomic mass is 35.5. The number of aryl methyl sites for hydroxylation is 1. The van der Waals surface area contributed by atoms with Crippen molar-refractivity contribution in [1.29, 1.82) is 0 Å². The largest absolute Gasteiger partial charge is 0.326 e. The predicted octanol–water partition coefficient (Wildman–Crippen LogP) is 4.82. The lowest BCUT2D eigenvalue weighted by molar-refractivity contribution is -0.116. The number of unbranched alkanes of at least 4 members (excludes halogenated alkanes) is 1. The van der Waals surface area contributed by atoms with Gasteiger partial charge in [0, 0.05) is 12.6 Å². The Balaban J connectivity index is 1.94. The molecule has 25 heavy (non-hydrogen) atoms. The van der Waals surface area contributed by atoms with Crippen LogP contribution in [0.25, 0.3) is 0 Å². The van der Waals surface area contributed by atoms with Gasteiger partial charge in [0.05, 0.1) is 17.1 Å². The smallest absolute Gasteiger partial charge is 0.228 e. The highest BCUT2D eigenvalue weighted by Crippen LogP contribution is 2.25. The zero-order chi connectivity index (χ0) is 18.2. The maximum atomic E-state index is 12.2. The molecule has 0 saturated heterocycles. The number of carbonyl (C=O) groups is 2. The number of carbonyl (C=O) groups excluding carboxylic acids is 2. The zero-order valence-electron chi connectivity index (χ0n) is 14.6. The third-order valence-corrected chi connectivity index (χ3v) is 4.08. The first-order chi connectivity index (χ1) is 12.0. The Morgan fingerprint density at radius 2 is 1.68 bits per heavy atom. The number of anilines is 2. The second-order valence-electron chi connectivity index (χ2n) is 6.02. The molecule has 0 heterocycles. The molecule has 2 N–H and O–H groups in total. The minimum absolute atomic E-state index is 0.129. The molecule has 0 spiro atoms. The van der Waals surface area contributed by atoms with Gasteiger partial charge in [-0.15, -0.1) is 0 Å². The Bertz CT molecular complexity index is 742. The van der Waals surface area contributed by atoms with Crippen LogP contribution in [-0.2, 0) is 22.4 Å². The molecule has 0 aromatic heterocycles. The molecule has 0 bridgehead atoms. The summed E-state index contributed by atoms with van der Waals surface area (Å²) in [7, 11) is 0. The van der Waals surface area contributed by atoms with E-state index in [2.05, 4.69) is 29.7 Å². The maximum Gasteiger partial charge on any atom is 0.228 e. The number of benzene rings is 2. The molecule has 5 heteroatoms. The van der Waals surface area contributed by atoms with Gasteiger partial charge in [-0.1, -0.05) is 49.2 Å². The van der Waals surface area contributed by atoms with E-state index in [1.165, 1.54) is 25.3 Å². The molecule has 0 saturated carbocycles. The minimum atomic E-state index is -0.171. The molecule has 2 aromatic rings. The molecule has 0 aliphatic carbocycles. The fourth-order valence-electron chi connectivity index (χ4n) is 2.48. The second-order valence-corrected chi connectivity index (χ2v) is 6.43. The number of hydrogen-bond donors (Lipinski definition) is 2. The standard InChI is InChI=1S/C20H23ClN2O2/c1-3-4-5-15-6-8-16(9-7-15)12-20(25)23-19-11-10-17(13-18(19)21)22-14(2)24/h6-11,13H,3-5,12H2,1-2H3,(H,22,24)(H,23,25). The number of amides is 2. The molecule has 2 amide bonds. The number of halogens is 1. The Labute approximate surface area is 153 Å². The van der Waals surface area contributed by atoms with Crippen LogP contribution in [0.5, 0.6) is 0 Å². The van der Waals surface area contributed by atoms with Crippen molar-refractivity contribution in [3.63, 3.8) is 0 Å². The summed E-state index contributed by atoms with van der Waals surface area (Å²) >= 11 is 6.16. The molecule has 4 nitrogen and oxygen atoms in total. The quantitative estimate of drug-likeness (QED) is 0.745. The van der Waals surface area contributed by atoms with Gasteiger partial charge >= 0.3 is 0 Å². The van der Waals surface area contributed by atoms with E-state index in [0.717, 1.165) is 12.0 Å². The molecule has 2 rings (SSSR count). The molecule has 0 radical (unpaired) electrons. The molecule has 0 fully saturated rings. The van der Waals surface area contributed by atoms with Crippen LogP contribution >= 0.6 is 11.6 Å². The van der Waals surface area contributed by atoms with Crippen LogP contribution in [-0.4, -0.2) is 11.8 Å². The lowest BCUT2D eigenvalue weighted by Crippen LogP contribution is -2.15. The average Bonchev–Trinajstić information content (AvgIpc) is 2.56. The first-order valence-electron chi connectivity index (χ1n) is 8.42. The predicted molar refractivity (Wildman–Crippen MR) is 103 cm³/mol. The van der Waals surface area contributed by atoms with E-state index in [9.17, 15) is 9.59 Å². The molecule has 0 aliphatic heterocycles. The fraction of sp³-hybridized carbons (Fsp3) is 0.300. The minimum Gasteiger partial charge on any atom is -0.326 e. The van der Waals surface area contributed by atoms with E-state index in [-0.39, 0.29) is 18.2 Å². The van der Waals surface area contributed by atoms with Crippen molar-refractivity contribution in [2.24, 2.45) is 0 Å². The van der Waals surface area contributed by atoms with Gasteiger partial charge in [-0.25, -0.2) is 0 Å². The summed E-state index contributed by atoms with van der Waals surface area (Å²) in [5.41, 5.74) is 3.38. The van der Waals surface area contributed by atoms with Crippen molar-refractivity contribution in [1.82, 2.24) is 0 Å². The number of hydrogen-bond acceptors (Lipinski definition) is 2. The van der Waals surface area contributed by atoms with Gasteiger partial charge in [0.15, 0.2) is 0 Å². The van der Waals surface area contributed by atoms with E-state index < -0.39 is 0 Å². The normalized spacial score (nSPS) is 10.4. The van der Waals surface area contributed by atoms with E-state index in [1.807, 2.05) is 12.1 Å². The maximum absolute atomic E-state index is 12.2. The van der Waals surface area contributed by atoms with E-state index >= 15 is 0 Å². The van der Waals surface area contributed by atoms with Gasteiger partial charge in [0.2, 0.25) is 11.8 Å². The SMILES string of the molecule is CCCCc1ccc(CC(=O)Nc2ccc(NC(C)=O)cc2Cl)cc1. The van der Waals surface area contributed by atoms with Crippen LogP contribution < -0.4 is 10.6 Å². The molecular formula is C20H23ClN2O2. The third-order valence-electron chi connectivity index (χ3n) is 3.77. The van der Waals surface area contributed by atoms with E-state index in [4.69, 9.17) is 11.6 Å². The highest BCUT2D eigenvalue weighted by Gasteiger charge is 2.08. The molecule has 0 aliphatic rings. The average molecular weight is 359 g/mol. The lowest BCUT2D eigenvalue weighted by atomic mass is 10.0. The van der Waals surface area contributed by atoms with Crippen molar-refractivity contribution < 1.29 is 9.59 Å². The van der Waals surface area contributed by atoms with Gasteiger partial charge in [-0.3, -0.25) is 9.59 Å². The van der Waals surface area contributed by atoms with Crippen molar-refractivity contribution >= 4 is 34.8 Å². The van der Waals surface area contributed by atoms with Crippen molar-refractivity contribution in [3.05, 3.63) is 58.6 Å². The summed E-state index contributed by atoms with van der Waals surface area (Å²) < 4.78 is 0. The molecule has 0 unspecified atom stereocenters. The van der Waals surface area contributed by atoms with Crippen LogP contribution in [0.2, 0.25) is 5.02 Å². The fourth-order valence-corrected chi connectivity index (χ4v) is 2.71. The van der Waals surface area contributed by atoms with Crippen LogP contribution in [0.4, 0.5) is 11.4 Å². The lowest BCUT2D eigenvalue weighted by Gasteiger charge is -2.10. The van der Waals surface area contributed by atoms with Gasteiger partial charge in [-0.05, 0) is 42.2 Å². The van der Waals surface area contributed by atoms with Crippen LogP contribution in [0.1, 0.15) is 37.8 Å². The third kappa shape index (κ3) is 6.24. The Morgan fingerprint density at radius 3 is 2.28 bits per heavy atom. The summed E-state index contributed by atoms with van der Waals surface area (Å²) in [5.74, 6) is -0.300. The topological polar surface area (TPSA) is 58.2 Å². The van der Waals surface area contributed by atoms with Crippen molar-refractivity contribution in [2.75, 3.05) is 10.6 Å². The Kier molecular flexibility index (Phi) is 7.02. The zero-order valence-corrected chi connectivity index (χ0v) is 15.3. The summed E-state index contributed by atoms with van der Waals surface area (Å²) in [4.78, 5) is 23.3.